The molecule has 0 spiro atoms. The van der Waals surface area contributed by atoms with E-state index in [2.05, 4.69) is 22.3 Å². The van der Waals surface area contributed by atoms with E-state index < -0.39 is 0 Å². The SMILES string of the molecule is CN(CCN)Cc1ccc2c(c1)CC(=O)N2. The van der Waals surface area contributed by atoms with Gasteiger partial charge in [-0.05, 0) is 24.2 Å². The highest BCUT2D eigenvalue weighted by Crippen LogP contribution is 2.24. The van der Waals surface area contributed by atoms with Crippen molar-refractivity contribution in [3.05, 3.63) is 29.3 Å². The van der Waals surface area contributed by atoms with Gasteiger partial charge in [0, 0.05) is 25.3 Å². The predicted molar refractivity (Wildman–Crippen MR) is 64.2 cm³/mol. The van der Waals surface area contributed by atoms with Crippen LogP contribution in [0.1, 0.15) is 11.1 Å². The molecule has 4 nitrogen and oxygen atoms in total. The van der Waals surface area contributed by atoms with Crippen molar-refractivity contribution < 1.29 is 4.79 Å². The maximum atomic E-state index is 11.2. The number of nitrogens with one attached hydrogen (secondary N) is 1. The molecule has 0 unspecified atom stereocenters. The van der Waals surface area contributed by atoms with Gasteiger partial charge in [-0.3, -0.25) is 4.79 Å². The van der Waals surface area contributed by atoms with Gasteiger partial charge in [0.2, 0.25) is 5.91 Å². The molecule has 4 heteroatoms. The number of rotatable bonds is 4. The highest BCUT2D eigenvalue weighted by molar-refractivity contribution is 5.99. The zero-order valence-electron chi connectivity index (χ0n) is 9.49. The fourth-order valence-electron chi connectivity index (χ4n) is 1.99. The number of benzene rings is 1. The molecule has 16 heavy (non-hydrogen) atoms. The maximum absolute atomic E-state index is 11.2. The summed E-state index contributed by atoms with van der Waals surface area (Å²) in [4.78, 5) is 13.4. The van der Waals surface area contributed by atoms with E-state index in [1.807, 2.05) is 13.1 Å². The zero-order valence-corrected chi connectivity index (χ0v) is 9.49. The molecule has 1 aliphatic rings. The standard InChI is InChI=1S/C12H17N3O/c1-15(5-4-13)8-9-2-3-11-10(6-9)7-12(16)14-11/h2-3,6H,4-5,7-8,13H2,1H3,(H,14,16). The Morgan fingerprint density at radius 2 is 2.31 bits per heavy atom. The third-order valence-electron chi connectivity index (χ3n) is 2.76. The summed E-state index contributed by atoms with van der Waals surface area (Å²) in [5, 5.41) is 2.83. The van der Waals surface area contributed by atoms with Gasteiger partial charge >= 0.3 is 0 Å². The number of nitrogens with zero attached hydrogens (tertiary/aromatic N) is 1. The topological polar surface area (TPSA) is 58.4 Å². The first-order valence-electron chi connectivity index (χ1n) is 5.49. The first-order chi connectivity index (χ1) is 7.69. The monoisotopic (exact) mass is 219 g/mol. The molecule has 0 atom stereocenters. The number of carbonyl (C=O) groups is 1. The Hall–Kier alpha value is -1.39. The second kappa shape index (κ2) is 4.63. The number of hydrogen-bond donors (Lipinski definition) is 2. The molecule has 1 aliphatic heterocycles. The van der Waals surface area contributed by atoms with Crippen LogP contribution in [0.3, 0.4) is 0 Å². The summed E-state index contributed by atoms with van der Waals surface area (Å²) in [5.41, 5.74) is 8.78. The molecule has 0 radical (unpaired) electrons. The van der Waals surface area contributed by atoms with E-state index in [1.165, 1.54) is 5.56 Å². The molecule has 1 aromatic carbocycles. The van der Waals surface area contributed by atoms with Crippen LogP contribution in [0.5, 0.6) is 0 Å². The van der Waals surface area contributed by atoms with Crippen molar-refractivity contribution in [1.29, 1.82) is 0 Å². The largest absolute Gasteiger partial charge is 0.329 e. The molecule has 2 rings (SSSR count). The van der Waals surface area contributed by atoms with Crippen molar-refractivity contribution in [3.63, 3.8) is 0 Å². The Balaban J connectivity index is 2.07. The molecule has 1 amide bonds. The number of nitrogens with two attached hydrogens (primary N) is 1. The Morgan fingerprint density at radius 1 is 1.50 bits per heavy atom. The van der Waals surface area contributed by atoms with Crippen LogP contribution < -0.4 is 11.1 Å². The van der Waals surface area contributed by atoms with Crippen LogP contribution in [0.15, 0.2) is 18.2 Å². The molecule has 86 valence electrons. The van der Waals surface area contributed by atoms with E-state index in [0.717, 1.165) is 24.3 Å². The Kier molecular flexibility index (Phi) is 3.22. The number of hydrogen-bond acceptors (Lipinski definition) is 3. The molecule has 0 aliphatic carbocycles. The minimum Gasteiger partial charge on any atom is -0.329 e. The fourth-order valence-corrected chi connectivity index (χ4v) is 1.99. The van der Waals surface area contributed by atoms with Gasteiger partial charge in [-0.15, -0.1) is 0 Å². The smallest absolute Gasteiger partial charge is 0.228 e. The van der Waals surface area contributed by atoms with E-state index >= 15 is 0 Å². The molecule has 0 saturated heterocycles. The number of fused-ring (bicyclic) bond motifs is 1. The van der Waals surface area contributed by atoms with Crippen molar-refractivity contribution in [3.8, 4) is 0 Å². The van der Waals surface area contributed by atoms with Crippen LogP contribution in [0.2, 0.25) is 0 Å². The summed E-state index contributed by atoms with van der Waals surface area (Å²) in [7, 11) is 2.05. The Bertz CT molecular complexity index is 403. The quantitative estimate of drug-likeness (QED) is 0.778. The van der Waals surface area contributed by atoms with Gasteiger partial charge in [0.15, 0.2) is 0 Å². The highest BCUT2D eigenvalue weighted by atomic mass is 16.1. The molecule has 0 bridgehead atoms. The second-order valence-corrected chi connectivity index (χ2v) is 4.24. The minimum atomic E-state index is 0.0856. The lowest BCUT2D eigenvalue weighted by atomic mass is 10.1. The van der Waals surface area contributed by atoms with Crippen molar-refractivity contribution in [2.24, 2.45) is 5.73 Å². The third-order valence-corrected chi connectivity index (χ3v) is 2.76. The van der Waals surface area contributed by atoms with E-state index in [-0.39, 0.29) is 5.91 Å². The number of likely N-dealkylation sites (N-methyl/N-ethyl adjacent to an activating group) is 1. The number of anilines is 1. The molecule has 1 aromatic rings. The minimum absolute atomic E-state index is 0.0856. The van der Waals surface area contributed by atoms with Crippen LogP contribution in [0, 0.1) is 0 Å². The first kappa shape index (κ1) is 11.1. The third kappa shape index (κ3) is 2.40. The molecular formula is C12H17N3O. The summed E-state index contributed by atoms with van der Waals surface area (Å²) >= 11 is 0. The summed E-state index contributed by atoms with van der Waals surface area (Å²) in [6, 6.07) is 6.13. The predicted octanol–water partition coefficient (Wildman–Crippen LogP) is 0.572. The second-order valence-electron chi connectivity index (χ2n) is 4.24. The fraction of sp³-hybridized carbons (Fsp3) is 0.417. The van der Waals surface area contributed by atoms with Crippen molar-refractivity contribution >= 4 is 11.6 Å². The zero-order chi connectivity index (χ0) is 11.5. The molecule has 0 aromatic heterocycles. The van der Waals surface area contributed by atoms with E-state index in [9.17, 15) is 4.79 Å². The van der Waals surface area contributed by atoms with Gasteiger partial charge in [-0.1, -0.05) is 12.1 Å². The van der Waals surface area contributed by atoms with E-state index in [0.29, 0.717) is 13.0 Å². The molecule has 3 N–H and O–H groups in total. The summed E-state index contributed by atoms with van der Waals surface area (Å²) in [5.74, 6) is 0.0856. The first-order valence-corrected chi connectivity index (χ1v) is 5.49. The van der Waals surface area contributed by atoms with Crippen molar-refractivity contribution in [2.75, 3.05) is 25.5 Å². The lowest BCUT2D eigenvalue weighted by Gasteiger charge is -2.15. The van der Waals surface area contributed by atoms with Gasteiger partial charge in [0.25, 0.3) is 0 Å². The lowest BCUT2D eigenvalue weighted by Crippen LogP contribution is -2.24. The molecule has 0 fully saturated rings. The number of amides is 1. The van der Waals surface area contributed by atoms with Crippen molar-refractivity contribution in [1.82, 2.24) is 4.90 Å². The molecular weight excluding hydrogens is 202 g/mol. The Morgan fingerprint density at radius 3 is 3.06 bits per heavy atom. The van der Waals surface area contributed by atoms with Crippen LogP contribution in [-0.2, 0) is 17.8 Å². The molecule has 0 saturated carbocycles. The van der Waals surface area contributed by atoms with E-state index in [4.69, 9.17) is 5.73 Å². The highest BCUT2D eigenvalue weighted by Gasteiger charge is 2.17. The average Bonchev–Trinajstić information content (AvgIpc) is 2.57. The summed E-state index contributed by atoms with van der Waals surface area (Å²) in [6.45, 7) is 2.43. The van der Waals surface area contributed by atoms with Crippen LogP contribution in [0.25, 0.3) is 0 Å². The maximum Gasteiger partial charge on any atom is 0.228 e. The van der Waals surface area contributed by atoms with Gasteiger partial charge < -0.3 is 16.0 Å². The van der Waals surface area contributed by atoms with Gasteiger partial charge in [0.1, 0.15) is 0 Å². The summed E-state index contributed by atoms with van der Waals surface area (Å²) < 4.78 is 0. The van der Waals surface area contributed by atoms with Crippen LogP contribution in [0.4, 0.5) is 5.69 Å². The van der Waals surface area contributed by atoms with E-state index in [1.54, 1.807) is 0 Å². The number of carbonyl (C=O) groups excluding carboxylic acids is 1. The van der Waals surface area contributed by atoms with Gasteiger partial charge in [0.05, 0.1) is 6.42 Å². The Labute approximate surface area is 95.4 Å². The average molecular weight is 219 g/mol. The summed E-state index contributed by atoms with van der Waals surface area (Å²) in [6.07, 6.45) is 0.504. The van der Waals surface area contributed by atoms with Crippen molar-refractivity contribution in [2.45, 2.75) is 13.0 Å². The van der Waals surface area contributed by atoms with Gasteiger partial charge in [-0.2, -0.15) is 0 Å². The normalized spacial score (nSPS) is 14.1. The lowest BCUT2D eigenvalue weighted by molar-refractivity contribution is -0.115. The molecule has 1 heterocycles. The van der Waals surface area contributed by atoms with Crippen LogP contribution in [-0.4, -0.2) is 30.9 Å². The van der Waals surface area contributed by atoms with Crippen LogP contribution >= 0.6 is 0 Å². The van der Waals surface area contributed by atoms with Gasteiger partial charge in [-0.25, -0.2) is 0 Å².